The highest BCUT2D eigenvalue weighted by atomic mass is 79.9. The molecule has 0 N–H and O–H groups in total. The molecule has 0 bridgehead atoms. The summed E-state index contributed by atoms with van der Waals surface area (Å²) in [4.78, 5) is 27.4. The molecular weight excluding hydrogens is 590 g/mol. The summed E-state index contributed by atoms with van der Waals surface area (Å²) >= 11 is 8.10. The Morgan fingerprint density at radius 1 is 0.800 bits per heavy atom. The Morgan fingerprint density at radius 3 is 2.23 bits per heavy atom. The first-order chi connectivity index (χ1) is 17.0. The lowest BCUT2D eigenvalue weighted by atomic mass is 10.1. The lowest BCUT2D eigenvalue weighted by Crippen LogP contribution is -2.27. The van der Waals surface area contributed by atoms with Gasteiger partial charge in [0.2, 0.25) is 0 Å². The molecule has 4 aromatic carbocycles. The lowest BCUT2D eigenvalue weighted by Gasteiger charge is -2.13. The van der Waals surface area contributed by atoms with Gasteiger partial charge in [0.25, 0.3) is 11.1 Å². The van der Waals surface area contributed by atoms with E-state index in [0.717, 1.165) is 48.2 Å². The van der Waals surface area contributed by atoms with Gasteiger partial charge in [-0.05, 0) is 95.4 Å². The summed E-state index contributed by atoms with van der Waals surface area (Å²) in [5.41, 5.74) is 2.76. The smallest absolute Gasteiger partial charge is 0.293 e. The maximum absolute atomic E-state index is 13.1. The SMILES string of the molecule is O=C1S/C(=C\c2cc(Br)c(OCc3ccccc3)c(Br)c2)C(=O)N1Cc1ccc2ccccc2c1. The molecule has 0 unspecified atom stereocenters. The van der Waals surface area contributed by atoms with E-state index in [0.29, 0.717) is 17.3 Å². The number of thioether (sulfide) groups is 1. The summed E-state index contributed by atoms with van der Waals surface area (Å²) in [6.45, 7) is 0.678. The molecule has 1 saturated heterocycles. The average Bonchev–Trinajstić information content (AvgIpc) is 3.11. The van der Waals surface area contributed by atoms with Crippen molar-refractivity contribution in [1.29, 1.82) is 0 Å². The van der Waals surface area contributed by atoms with Gasteiger partial charge < -0.3 is 4.74 Å². The number of carbonyl (C=O) groups is 2. The number of amides is 2. The van der Waals surface area contributed by atoms with Crippen LogP contribution in [0.25, 0.3) is 16.8 Å². The fourth-order valence-corrected chi connectivity index (χ4v) is 6.13. The Bertz CT molecular complexity index is 1450. The van der Waals surface area contributed by atoms with Crippen LogP contribution in [-0.2, 0) is 17.9 Å². The number of hydrogen-bond acceptors (Lipinski definition) is 4. The van der Waals surface area contributed by atoms with Crippen molar-refractivity contribution in [3.8, 4) is 5.75 Å². The third-order valence-electron chi connectivity index (χ3n) is 5.57. The molecule has 1 heterocycles. The van der Waals surface area contributed by atoms with E-state index in [9.17, 15) is 9.59 Å². The fraction of sp³-hybridized carbons (Fsp3) is 0.0714. The molecule has 0 radical (unpaired) electrons. The van der Waals surface area contributed by atoms with E-state index in [2.05, 4.69) is 31.9 Å². The van der Waals surface area contributed by atoms with Gasteiger partial charge in [0, 0.05) is 0 Å². The largest absolute Gasteiger partial charge is 0.487 e. The molecule has 174 valence electrons. The third kappa shape index (κ3) is 5.37. The highest BCUT2D eigenvalue weighted by Crippen LogP contribution is 2.38. The molecular formula is C28H19Br2NO3S. The second kappa shape index (κ2) is 10.4. The van der Waals surface area contributed by atoms with Crippen LogP contribution in [0.3, 0.4) is 0 Å². The zero-order valence-corrected chi connectivity index (χ0v) is 22.4. The fourth-order valence-electron chi connectivity index (χ4n) is 3.84. The second-order valence-electron chi connectivity index (χ2n) is 8.04. The maximum Gasteiger partial charge on any atom is 0.293 e. The van der Waals surface area contributed by atoms with Crippen LogP contribution in [0.15, 0.2) is 98.8 Å². The third-order valence-corrected chi connectivity index (χ3v) is 7.66. The Labute approximate surface area is 224 Å². The first-order valence-corrected chi connectivity index (χ1v) is 13.3. The molecule has 1 aliphatic heterocycles. The lowest BCUT2D eigenvalue weighted by molar-refractivity contribution is -0.123. The Morgan fingerprint density at radius 2 is 1.49 bits per heavy atom. The second-order valence-corrected chi connectivity index (χ2v) is 10.7. The summed E-state index contributed by atoms with van der Waals surface area (Å²) in [5.74, 6) is 0.389. The zero-order chi connectivity index (χ0) is 24.4. The minimum absolute atomic E-state index is 0.243. The van der Waals surface area contributed by atoms with Crippen molar-refractivity contribution in [1.82, 2.24) is 4.90 Å². The molecule has 35 heavy (non-hydrogen) atoms. The maximum atomic E-state index is 13.1. The van der Waals surface area contributed by atoms with Gasteiger partial charge in [0.05, 0.1) is 20.4 Å². The number of carbonyl (C=O) groups excluding carboxylic acids is 2. The number of halogens is 2. The highest BCUT2D eigenvalue weighted by Gasteiger charge is 2.35. The van der Waals surface area contributed by atoms with E-state index in [4.69, 9.17) is 4.74 Å². The van der Waals surface area contributed by atoms with Crippen LogP contribution in [0.4, 0.5) is 4.79 Å². The van der Waals surface area contributed by atoms with Crippen molar-refractivity contribution in [3.05, 3.63) is 115 Å². The van der Waals surface area contributed by atoms with Gasteiger partial charge in [0.1, 0.15) is 12.4 Å². The van der Waals surface area contributed by atoms with Crippen molar-refractivity contribution < 1.29 is 14.3 Å². The minimum atomic E-state index is -0.287. The molecule has 0 saturated carbocycles. The van der Waals surface area contributed by atoms with Gasteiger partial charge in [0.15, 0.2) is 0 Å². The van der Waals surface area contributed by atoms with Crippen LogP contribution in [0, 0.1) is 0 Å². The minimum Gasteiger partial charge on any atom is -0.487 e. The van der Waals surface area contributed by atoms with E-state index >= 15 is 0 Å². The predicted molar refractivity (Wildman–Crippen MR) is 148 cm³/mol. The summed E-state index contributed by atoms with van der Waals surface area (Å²) in [7, 11) is 0. The first-order valence-electron chi connectivity index (χ1n) is 10.9. The van der Waals surface area contributed by atoms with Gasteiger partial charge in [-0.3, -0.25) is 14.5 Å². The zero-order valence-electron chi connectivity index (χ0n) is 18.4. The van der Waals surface area contributed by atoms with Crippen molar-refractivity contribution in [3.63, 3.8) is 0 Å². The molecule has 4 aromatic rings. The first kappa shape index (κ1) is 23.9. The topological polar surface area (TPSA) is 46.6 Å². The van der Waals surface area contributed by atoms with Crippen LogP contribution >= 0.6 is 43.6 Å². The summed E-state index contributed by atoms with van der Waals surface area (Å²) < 4.78 is 7.49. The van der Waals surface area contributed by atoms with E-state index in [-0.39, 0.29) is 17.7 Å². The molecule has 7 heteroatoms. The average molecular weight is 609 g/mol. The van der Waals surface area contributed by atoms with Gasteiger partial charge >= 0.3 is 0 Å². The van der Waals surface area contributed by atoms with Crippen LogP contribution in [0.1, 0.15) is 16.7 Å². The number of ether oxygens (including phenoxy) is 1. The molecule has 2 amide bonds. The summed E-state index contributed by atoms with van der Waals surface area (Å²) in [5, 5.41) is 1.93. The molecule has 0 spiro atoms. The Hall–Kier alpha value is -2.87. The highest BCUT2D eigenvalue weighted by molar-refractivity contribution is 9.11. The predicted octanol–water partition coefficient (Wildman–Crippen LogP) is 8.18. The van der Waals surface area contributed by atoms with E-state index < -0.39 is 0 Å². The van der Waals surface area contributed by atoms with Crippen molar-refractivity contribution >= 4 is 71.6 Å². The molecule has 1 aliphatic rings. The van der Waals surface area contributed by atoms with E-state index in [1.807, 2.05) is 84.9 Å². The van der Waals surface area contributed by atoms with Crippen LogP contribution in [0.5, 0.6) is 5.75 Å². The van der Waals surface area contributed by atoms with Crippen molar-refractivity contribution in [2.45, 2.75) is 13.2 Å². The molecule has 0 aliphatic carbocycles. The van der Waals surface area contributed by atoms with Gasteiger partial charge in [-0.2, -0.15) is 0 Å². The van der Waals surface area contributed by atoms with Crippen molar-refractivity contribution in [2.75, 3.05) is 0 Å². The number of fused-ring (bicyclic) bond motifs is 1. The van der Waals surface area contributed by atoms with E-state index in [1.54, 1.807) is 6.08 Å². The van der Waals surface area contributed by atoms with E-state index in [1.165, 1.54) is 4.90 Å². The number of rotatable bonds is 6. The Kier molecular flexibility index (Phi) is 7.09. The molecule has 0 aromatic heterocycles. The molecule has 5 rings (SSSR count). The molecule has 4 nitrogen and oxygen atoms in total. The van der Waals surface area contributed by atoms with Crippen LogP contribution in [0.2, 0.25) is 0 Å². The van der Waals surface area contributed by atoms with Gasteiger partial charge in [-0.1, -0.05) is 66.7 Å². The van der Waals surface area contributed by atoms with Crippen molar-refractivity contribution in [2.24, 2.45) is 0 Å². The number of benzene rings is 4. The standard InChI is InChI=1S/C28H19Br2NO3S/c29-23-13-20(14-24(30)26(23)34-17-18-6-2-1-3-7-18)15-25-27(32)31(28(33)35-25)16-19-10-11-21-8-4-5-9-22(21)12-19/h1-15H,16-17H2/b25-15-. The number of nitrogens with zero attached hydrogens (tertiary/aromatic N) is 1. The number of imide groups is 1. The van der Waals surface area contributed by atoms with Crippen LogP contribution in [-0.4, -0.2) is 16.0 Å². The van der Waals surface area contributed by atoms with Gasteiger partial charge in [-0.15, -0.1) is 0 Å². The van der Waals surface area contributed by atoms with Gasteiger partial charge in [-0.25, -0.2) is 0 Å². The Balaban J connectivity index is 1.32. The quantitative estimate of drug-likeness (QED) is 0.207. The molecule has 0 atom stereocenters. The summed E-state index contributed by atoms with van der Waals surface area (Å²) in [6.07, 6.45) is 1.74. The molecule has 1 fully saturated rings. The normalized spacial score (nSPS) is 14.8. The van der Waals surface area contributed by atoms with Crippen LogP contribution < -0.4 is 4.74 Å². The number of hydrogen-bond donors (Lipinski definition) is 0. The monoisotopic (exact) mass is 607 g/mol. The summed E-state index contributed by atoms with van der Waals surface area (Å²) in [6, 6.07) is 27.7.